The molecule has 7 rings (SSSR count). The Hall–Kier alpha value is -6.56. The highest BCUT2D eigenvalue weighted by atomic mass is 35.5. The predicted molar refractivity (Wildman–Crippen MR) is 250 cm³/mol. The Morgan fingerprint density at radius 3 is 1.85 bits per heavy atom. The largest absolute Gasteiger partial charge is 0.496 e. The molecule has 18 heteroatoms. The number of ether oxygens (including phenoxy) is 2. The number of anilines is 4. The summed E-state index contributed by atoms with van der Waals surface area (Å²) in [5, 5.41) is 26.5. The first-order valence-electron chi connectivity index (χ1n) is 22.0. The number of hydrogen-bond donors (Lipinski definition) is 6. The van der Waals surface area contributed by atoms with Gasteiger partial charge in [0.05, 0.1) is 48.5 Å². The van der Waals surface area contributed by atoms with Gasteiger partial charge in [-0.05, 0) is 119 Å². The van der Waals surface area contributed by atoms with Gasteiger partial charge >= 0.3 is 0 Å². The van der Waals surface area contributed by atoms with E-state index in [1.807, 2.05) is 0 Å². The third kappa shape index (κ3) is 12.4. The summed E-state index contributed by atoms with van der Waals surface area (Å²) in [4.78, 5) is 73.1. The number of nitrogens with one attached hydrogen (secondary N) is 6. The molecule has 1 atom stereocenters. The quantitative estimate of drug-likeness (QED) is 0.0347. The van der Waals surface area contributed by atoms with Crippen LogP contribution in [0.2, 0.25) is 5.02 Å². The minimum Gasteiger partial charge on any atom is -0.496 e. The van der Waals surface area contributed by atoms with E-state index in [-0.39, 0.29) is 62.0 Å². The molecule has 4 aromatic carbocycles. The van der Waals surface area contributed by atoms with Gasteiger partial charge in [0.15, 0.2) is 0 Å². The van der Waals surface area contributed by atoms with Gasteiger partial charge in [-0.1, -0.05) is 24.4 Å². The number of piperidine rings is 2. The van der Waals surface area contributed by atoms with Crippen LogP contribution in [0, 0.1) is 0 Å². The monoisotopic (exact) mass is 906 g/mol. The van der Waals surface area contributed by atoms with E-state index in [1.54, 1.807) is 36.4 Å². The number of amides is 4. The Bertz CT molecular complexity index is 2350. The van der Waals surface area contributed by atoms with Gasteiger partial charge in [-0.2, -0.15) is 10.2 Å². The van der Waals surface area contributed by atoms with Gasteiger partial charge in [-0.25, -0.2) is 0 Å². The number of likely N-dealkylation sites (tertiary alicyclic amines) is 2. The van der Waals surface area contributed by atoms with E-state index >= 15 is 0 Å². The molecule has 17 nitrogen and oxygen atoms in total. The molecular formula is C47H55ClN10O7. The molecule has 3 aliphatic heterocycles. The lowest BCUT2D eigenvalue weighted by Crippen LogP contribution is -2.38. The van der Waals surface area contributed by atoms with Crippen molar-refractivity contribution in [1.29, 1.82) is 0 Å². The number of halogens is 1. The minimum absolute atomic E-state index is 0.00298. The molecule has 0 bridgehead atoms. The van der Waals surface area contributed by atoms with Gasteiger partial charge in [0.25, 0.3) is 23.6 Å². The number of carbonyl (C=O) groups is 5. The fourth-order valence-electron chi connectivity index (χ4n) is 7.99. The Morgan fingerprint density at radius 2 is 1.25 bits per heavy atom. The summed E-state index contributed by atoms with van der Waals surface area (Å²) in [6, 6.07) is 17.0. The van der Waals surface area contributed by atoms with E-state index in [1.165, 1.54) is 63.5 Å². The summed E-state index contributed by atoms with van der Waals surface area (Å²) in [5.41, 5.74) is 3.29. The van der Waals surface area contributed by atoms with E-state index in [2.05, 4.69) is 51.9 Å². The molecule has 2 saturated heterocycles. The molecule has 0 saturated carbocycles. The van der Waals surface area contributed by atoms with E-state index in [9.17, 15) is 24.0 Å². The smallest absolute Gasteiger partial charge is 0.259 e. The SMILES string of the molecule is COc1cc(C(=O)C(N=Nc2ccc(C(=O)Nc3cc(C(=O)NCCN4CCCCC4)cc(C(=O)NCCN4CCCCC4)c3)cc2)C(=O)Nc2ccc3c(c2)NCN3)c(OC)cc1Cl. The van der Waals surface area contributed by atoms with E-state index in [4.69, 9.17) is 21.1 Å². The van der Waals surface area contributed by atoms with Crippen LogP contribution in [0.4, 0.5) is 28.4 Å². The van der Waals surface area contributed by atoms with Crippen LogP contribution in [-0.2, 0) is 4.79 Å². The summed E-state index contributed by atoms with van der Waals surface area (Å²) in [7, 11) is 2.77. The summed E-state index contributed by atoms with van der Waals surface area (Å²) >= 11 is 6.31. The molecular weight excluding hydrogens is 852 g/mol. The van der Waals surface area contributed by atoms with Gasteiger partial charge < -0.3 is 51.2 Å². The van der Waals surface area contributed by atoms with E-state index in [0.717, 1.165) is 76.3 Å². The van der Waals surface area contributed by atoms with Crippen molar-refractivity contribution < 1.29 is 33.4 Å². The maximum atomic E-state index is 14.1. The Balaban J connectivity index is 1.07. The number of fused-ring (bicyclic) bond motifs is 1. The molecule has 0 spiro atoms. The molecule has 1 unspecified atom stereocenters. The normalized spacial score (nSPS) is 15.5. The highest BCUT2D eigenvalue weighted by molar-refractivity contribution is 6.32. The van der Waals surface area contributed by atoms with Crippen LogP contribution in [0.5, 0.6) is 11.5 Å². The molecule has 342 valence electrons. The van der Waals surface area contributed by atoms with E-state index in [0.29, 0.717) is 25.4 Å². The van der Waals surface area contributed by atoms with Crippen molar-refractivity contribution >= 4 is 69.4 Å². The summed E-state index contributed by atoms with van der Waals surface area (Å²) in [6.45, 7) is 6.89. The molecule has 0 aromatic heterocycles. The highest BCUT2D eigenvalue weighted by Crippen LogP contribution is 2.34. The second-order valence-electron chi connectivity index (χ2n) is 16.1. The van der Waals surface area contributed by atoms with Crippen LogP contribution in [-0.4, -0.2) is 118 Å². The zero-order chi connectivity index (χ0) is 45.7. The van der Waals surface area contributed by atoms with Gasteiger partial charge in [0.1, 0.15) is 11.5 Å². The number of azo groups is 1. The van der Waals surface area contributed by atoms with Crippen molar-refractivity contribution in [1.82, 2.24) is 20.4 Å². The molecule has 3 heterocycles. The number of rotatable bonds is 18. The number of Topliss-reactive ketones (excluding diaryl/α,β-unsaturated/α-hetero) is 1. The summed E-state index contributed by atoms with van der Waals surface area (Å²) in [6.07, 6.45) is 7.00. The van der Waals surface area contributed by atoms with Crippen LogP contribution in [0.15, 0.2) is 83.0 Å². The first-order valence-corrected chi connectivity index (χ1v) is 22.3. The standard InChI is InChI=1S/C47H55ClN10O7/c1-64-40-28-37(48)41(65-2)27-36(40)43(59)42(47(63)53-34-13-14-38-39(26-34)52-29-51-38)56-55-33-11-9-30(10-12-33)46(62)54-35-24-31(44(60)49-15-21-57-17-5-3-6-18-57)23-32(25-35)45(61)50-16-22-58-19-7-4-8-20-58/h9-14,23-28,42,51-52H,3-8,15-22,29H2,1-2H3,(H,49,60)(H,50,61)(H,53,63)(H,54,62). The summed E-state index contributed by atoms with van der Waals surface area (Å²) < 4.78 is 10.8. The van der Waals surface area contributed by atoms with Crippen molar-refractivity contribution in [3.63, 3.8) is 0 Å². The van der Waals surface area contributed by atoms with Gasteiger partial charge in [-0.3, -0.25) is 24.0 Å². The van der Waals surface area contributed by atoms with Crippen LogP contribution >= 0.6 is 11.6 Å². The third-order valence-corrected chi connectivity index (χ3v) is 11.8. The Morgan fingerprint density at radius 1 is 0.646 bits per heavy atom. The third-order valence-electron chi connectivity index (χ3n) is 11.5. The number of benzene rings is 4. The number of methoxy groups -OCH3 is 2. The Labute approximate surface area is 383 Å². The first kappa shape index (κ1) is 46.4. The molecule has 0 radical (unpaired) electrons. The van der Waals surface area contributed by atoms with Gasteiger partial charge in [0, 0.05) is 60.3 Å². The van der Waals surface area contributed by atoms with Crippen molar-refractivity contribution in [2.75, 3.05) is 94.5 Å². The van der Waals surface area contributed by atoms with Crippen molar-refractivity contribution in [3.8, 4) is 11.5 Å². The second-order valence-corrected chi connectivity index (χ2v) is 16.5. The first-order chi connectivity index (χ1) is 31.6. The molecule has 2 fully saturated rings. The van der Waals surface area contributed by atoms with Crippen molar-refractivity contribution in [2.45, 2.75) is 44.6 Å². The molecule has 65 heavy (non-hydrogen) atoms. The zero-order valence-corrected chi connectivity index (χ0v) is 37.4. The number of nitrogens with zero attached hydrogens (tertiary/aromatic N) is 4. The number of carbonyl (C=O) groups excluding carboxylic acids is 5. The van der Waals surface area contributed by atoms with Gasteiger partial charge in [-0.15, -0.1) is 0 Å². The fraction of sp³-hybridized carbons (Fsp3) is 0.383. The van der Waals surface area contributed by atoms with Crippen LogP contribution in [0.3, 0.4) is 0 Å². The molecule has 6 N–H and O–H groups in total. The maximum absolute atomic E-state index is 14.1. The minimum atomic E-state index is -1.68. The topological polar surface area (TPSA) is 207 Å². The number of hydrogen-bond acceptors (Lipinski definition) is 13. The van der Waals surface area contributed by atoms with Crippen LogP contribution in [0.1, 0.15) is 80.0 Å². The maximum Gasteiger partial charge on any atom is 0.259 e. The average molecular weight is 907 g/mol. The zero-order valence-electron chi connectivity index (χ0n) is 36.6. The Kier molecular flexibility index (Phi) is 16.0. The lowest BCUT2D eigenvalue weighted by molar-refractivity contribution is -0.116. The predicted octanol–water partition coefficient (Wildman–Crippen LogP) is 6.81. The van der Waals surface area contributed by atoms with Gasteiger partial charge in [0.2, 0.25) is 11.8 Å². The van der Waals surface area contributed by atoms with E-state index < -0.39 is 23.6 Å². The molecule has 0 aliphatic carbocycles. The molecule has 4 aromatic rings. The molecule has 3 aliphatic rings. The lowest BCUT2D eigenvalue weighted by atomic mass is 10.0. The number of ketones is 1. The summed E-state index contributed by atoms with van der Waals surface area (Å²) in [5.74, 6) is -2.40. The van der Waals surface area contributed by atoms with Crippen molar-refractivity contribution in [3.05, 3.63) is 100 Å². The van der Waals surface area contributed by atoms with Crippen LogP contribution < -0.4 is 41.4 Å². The molecule has 4 amide bonds. The lowest BCUT2D eigenvalue weighted by Gasteiger charge is -2.26. The highest BCUT2D eigenvalue weighted by Gasteiger charge is 2.32. The second kappa shape index (κ2) is 22.4. The average Bonchev–Trinajstić information content (AvgIpc) is 3.80. The fourth-order valence-corrected chi connectivity index (χ4v) is 8.22. The van der Waals surface area contributed by atoms with Crippen molar-refractivity contribution in [2.24, 2.45) is 10.2 Å². The van der Waals surface area contributed by atoms with Crippen LogP contribution in [0.25, 0.3) is 0 Å².